The van der Waals surface area contributed by atoms with Gasteiger partial charge in [0.05, 0.1) is 0 Å². The number of thiophene rings is 1. The Bertz CT molecular complexity index is 707. The smallest absolute Gasteiger partial charge is 0.325 e. The van der Waals surface area contributed by atoms with E-state index in [0.29, 0.717) is 13.1 Å². The van der Waals surface area contributed by atoms with E-state index in [4.69, 9.17) is 4.98 Å². The largest absolute Gasteiger partial charge is 0.480 e. The SMILES string of the molecule is CC(C)(C)c1ncc2c(n1)CCN([C@@H](C(=O)O)c1ccsc1)C2. The molecular weight excluding hydrogens is 310 g/mol. The summed E-state index contributed by atoms with van der Waals surface area (Å²) >= 11 is 1.52. The van der Waals surface area contributed by atoms with E-state index in [1.54, 1.807) is 0 Å². The molecule has 1 N–H and O–H groups in total. The van der Waals surface area contributed by atoms with Gasteiger partial charge in [0.15, 0.2) is 0 Å². The van der Waals surface area contributed by atoms with Gasteiger partial charge in [-0.15, -0.1) is 0 Å². The molecule has 0 saturated carbocycles. The van der Waals surface area contributed by atoms with Gasteiger partial charge in [0.25, 0.3) is 0 Å². The fraction of sp³-hybridized carbons (Fsp3) is 0.471. The molecule has 5 nitrogen and oxygen atoms in total. The molecule has 0 amide bonds. The van der Waals surface area contributed by atoms with E-state index in [1.807, 2.05) is 27.9 Å². The molecule has 0 aliphatic carbocycles. The lowest BCUT2D eigenvalue weighted by atomic mass is 9.94. The lowest BCUT2D eigenvalue weighted by Crippen LogP contribution is -2.38. The van der Waals surface area contributed by atoms with Gasteiger partial charge in [-0.05, 0) is 22.4 Å². The first-order valence-electron chi connectivity index (χ1n) is 7.70. The van der Waals surface area contributed by atoms with Gasteiger partial charge in [0.1, 0.15) is 11.9 Å². The summed E-state index contributed by atoms with van der Waals surface area (Å²) in [6.45, 7) is 7.57. The summed E-state index contributed by atoms with van der Waals surface area (Å²) in [5.41, 5.74) is 2.85. The van der Waals surface area contributed by atoms with Crippen LogP contribution in [-0.2, 0) is 23.2 Å². The van der Waals surface area contributed by atoms with Crippen LogP contribution < -0.4 is 0 Å². The molecule has 0 saturated heterocycles. The van der Waals surface area contributed by atoms with Crippen molar-refractivity contribution in [3.8, 4) is 0 Å². The van der Waals surface area contributed by atoms with Crippen LogP contribution >= 0.6 is 11.3 Å². The van der Waals surface area contributed by atoms with E-state index < -0.39 is 12.0 Å². The van der Waals surface area contributed by atoms with Gasteiger partial charge in [-0.1, -0.05) is 20.8 Å². The summed E-state index contributed by atoms with van der Waals surface area (Å²) in [6, 6.07) is 1.29. The lowest BCUT2D eigenvalue weighted by Gasteiger charge is -2.33. The van der Waals surface area contributed by atoms with Crippen molar-refractivity contribution in [1.82, 2.24) is 14.9 Å². The van der Waals surface area contributed by atoms with E-state index in [1.165, 1.54) is 11.3 Å². The fourth-order valence-corrected chi connectivity index (χ4v) is 3.54. The molecule has 0 radical (unpaired) electrons. The Morgan fingerprint density at radius 2 is 2.22 bits per heavy atom. The first kappa shape index (κ1) is 16.1. The summed E-state index contributed by atoms with van der Waals surface area (Å²) in [5.74, 6) is 0.0383. The highest BCUT2D eigenvalue weighted by atomic mass is 32.1. The highest BCUT2D eigenvalue weighted by Crippen LogP contribution is 2.29. The molecule has 0 aromatic carbocycles. The summed E-state index contributed by atoms with van der Waals surface area (Å²) in [4.78, 5) is 22.9. The Morgan fingerprint density at radius 1 is 1.43 bits per heavy atom. The number of nitrogens with zero attached hydrogens (tertiary/aromatic N) is 3. The number of aliphatic carboxylic acids is 1. The summed E-state index contributed by atoms with van der Waals surface area (Å²) in [7, 11) is 0. The lowest BCUT2D eigenvalue weighted by molar-refractivity contribution is -0.144. The third-order valence-corrected chi connectivity index (χ3v) is 4.79. The monoisotopic (exact) mass is 331 g/mol. The molecular formula is C17H21N3O2S. The van der Waals surface area contributed by atoms with Crippen LogP contribution in [0.3, 0.4) is 0 Å². The van der Waals surface area contributed by atoms with Gasteiger partial charge in [-0.25, -0.2) is 9.97 Å². The van der Waals surface area contributed by atoms with Crippen molar-refractivity contribution in [3.05, 3.63) is 45.7 Å². The molecule has 1 aliphatic heterocycles. The quantitative estimate of drug-likeness (QED) is 0.936. The highest BCUT2D eigenvalue weighted by Gasteiger charge is 2.31. The highest BCUT2D eigenvalue weighted by molar-refractivity contribution is 7.08. The van der Waals surface area contributed by atoms with Gasteiger partial charge >= 0.3 is 5.97 Å². The molecule has 0 bridgehead atoms. The van der Waals surface area contributed by atoms with Gasteiger partial charge in [-0.3, -0.25) is 9.69 Å². The first-order valence-corrected chi connectivity index (χ1v) is 8.65. The molecule has 23 heavy (non-hydrogen) atoms. The van der Waals surface area contributed by atoms with E-state index >= 15 is 0 Å². The minimum atomic E-state index is -0.806. The number of hydrogen-bond donors (Lipinski definition) is 1. The van der Waals surface area contributed by atoms with E-state index in [-0.39, 0.29) is 5.41 Å². The van der Waals surface area contributed by atoms with Crippen molar-refractivity contribution in [2.75, 3.05) is 6.54 Å². The molecule has 6 heteroatoms. The summed E-state index contributed by atoms with van der Waals surface area (Å²) in [6.07, 6.45) is 2.62. The Morgan fingerprint density at radius 3 is 2.83 bits per heavy atom. The Balaban J connectivity index is 1.86. The van der Waals surface area contributed by atoms with E-state index in [2.05, 4.69) is 25.8 Å². The summed E-state index contributed by atoms with van der Waals surface area (Å²) < 4.78 is 0. The van der Waals surface area contributed by atoms with Crippen LogP contribution in [0.25, 0.3) is 0 Å². The third-order valence-electron chi connectivity index (χ3n) is 4.09. The predicted molar refractivity (Wildman–Crippen MR) is 89.5 cm³/mol. The first-order chi connectivity index (χ1) is 10.9. The Labute approximate surface area is 140 Å². The minimum absolute atomic E-state index is 0.0769. The molecule has 2 aromatic rings. The number of carboxylic acids is 1. The van der Waals surface area contributed by atoms with E-state index in [9.17, 15) is 9.90 Å². The normalized spacial score (nSPS) is 16.8. The zero-order valence-electron chi connectivity index (χ0n) is 13.6. The number of carboxylic acid groups (broad SMARTS) is 1. The average Bonchev–Trinajstić information content (AvgIpc) is 2.99. The van der Waals surface area contributed by atoms with Crippen LogP contribution in [-0.4, -0.2) is 32.5 Å². The zero-order valence-corrected chi connectivity index (χ0v) is 14.4. The van der Waals surface area contributed by atoms with Gasteiger partial charge in [-0.2, -0.15) is 11.3 Å². The van der Waals surface area contributed by atoms with Crippen molar-refractivity contribution in [1.29, 1.82) is 0 Å². The molecule has 1 atom stereocenters. The van der Waals surface area contributed by atoms with E-state index in [0.717, 1.165) is 29.1 Å². The maximum absolute atomic E-state index is 11.7. The molecule has 0 fully saturated rings. The van der Waals surface area contributed by atoms with Crippen LogP contribution in [0.15, 0.2) is 23.0 Å². The van der Waals surface area contributed by atoms with Crippen LogP contribution in [0.5, 0.6) is 0 Å². The Kier molecular flexibility index (Phi) is 4.21. The zero-order chi connectivity index (χ0) is 16.6. The molecule has 0 spiro atoms. The van der Waals surface area contributed by atoms with Crippen molar-refractivity contribution in [2.24, 2.45) is 0 Å². The predicted octanol–water partition coefficient (Wildman–Crippen LogP) is 3.02. The van der Waals surface area contributed by atoms with Crippen molar-refractivity contribution in [2.45, 2.75) is 45.2 Å². The number of aromatic nitrogens is 2. The average molecular weight is 331 g/mol. The molecule has 2 aromatic heterocycles. The maximum Gasteiger partial charge on any atom is 0.325 e. The molecule has 122 valence electrons. The van der Waals surface area contributed by atoms with Crippen LogP contribution in [0.1, 0.15) is 49.5 Å². The second-order valence-electron chi connectivity index (χ2n) is 6.93. The fourth-order valence-electron chi connectivity index (χ4n) is 2.86. The topological polar surface area (TPSA) is 66.3 Å². The second-order valence-corrected chi connectivity index (χ2v) is 7.71. The van der Waals surface area contributed by atoms with Crippen LogP contribution in [0.4, 0.5) is 0 Å². The van der Waals surface area contributed by atoms with Crippen LogP contribution in [0.2, 0.25) is 0 Å². The standard InChI is InChI=1S/C17H21N3O2S/c1-17(2,3)16-18-8-12-9-20(6-4-13(12)19-16)14(15(21)22)11-5-7-23-10-11/h5,7-8,10,14H,4,6,9H2,1-3H3,(H,21,22)/t14-/m1/s1. The summed E-state index contributed by atoms with van der Waals surface area (Å²) in [5, 5.41) is 13.5. The maximum atomic E-state index is 11.7. The molecule has 3 heterocycles. The van der Waals surface area contributed by atoms with Crippen LogP contribution in [0, 0.1) is 0 Å². The second kappa shape index (κ2) is 6.02. The number of carbonyl (C=O) groups is 1. The van der Waals surface area contributed by atoms with Crippen molar-refractivity contribution < 1.29 is 9.90 Å². The minimum Gasteiger partial charge on any atom is -0.480 e. The van der Waals surface area contributed by atoms with Crippen molar-refractivity contribution in [3.63, 3.8) is 0 Å². The number of rotatable bonds is 3. The number of fused-ring (bicyclic) bond motifs is 1. The van der Waals surface area contributed by atoms with Crippen molar-refractivity contribution >= 4 is 17.3 Å². The third kappa shape index (κ3) is 3.28. The number of hydrogen-bond acceptors (Lipinski definition) is 5. The molecule has 1 aliphatic rings. The Hall–Kier alpha value is -1.79. The van der Waals surface area contributed by atoms with Gasteiger partial charge in [0.2, 0.25) is 0 Å². The molecule has 0 unspecified atom stereocenters. The van der Waals surface area contributed by atoms with Gasteiger partial charge < -0.3 is 5.11 Å². The van der Waals surface area contributed by atoms with Gasteiger partial charge in [0, 0.05) is 42.4 Å². The molecule has 3 rings (SSSR count).